The number of aryl methyl sites for hydroxylation is 1. The molecule has 0 spiro atoms. The second-order valence-electron chi connectivity index (χ2n) is 7.24. The lowest BCUT2D eigenvalue weighted by Gasteiger charge is -2.10. The van der Waals surface area contributed by atoms with Crippen molar-refractivity contribution in [2.75, 3.05) is 5.32 Å². The minimum absolute atomic E-state index is 0.119. The number of nitrogens with zero attached hydrogens (tertiary/aromatic N) is 4. The van der Waals surface area contributed by atoms with Gasteiger partial charge < -0.3 is 10.3 Å². The molecule has 0 aliphatic carbocycles. The van der Waals surface area contributed by atoms with Crippen LogP contribution in [0.5, 0.6) is 0 Å². The molecule has 0 bridgehead atoms. The third-order valence-corrected chi connectivity index (χ3v) is 4.80. The van der Waals surface area contributed by atoms with Crippen molar-refractivity contribution >= 4 is 22.6 Å². The molecule has 1 aromatic carbocycles. The topological polar surface area (TPSA) is 99.4 Å². The van der Waals surface area contributed by atoms with E-state index in [1.165, 1.54) is 0 Å². The van der Waals surface area contributed by atoms with E-state index < -0.39 is 0 Å². The van der Waals surface area contributed by atoms with Gasteiger partial charge in [0.2, 0.25) is 5.91 Å². The number of H-pyrrole nitrogens is 1. The number of rotatable bonds is 4. The SMILES string of the molecule is CC(C)C(=O)Nc1ccc(-c2c[nH]c3ncc(-c4cnn(C)c4)cc23)cc1C#N. The molecule has 0 fully saturated rings. The first kappa shape index (κ1) is 18.4. The molecule has 7 nitrogen and oxygen atoms in total. The van der Waals surface area contributed by atoms with Gasteiger partial charge in [0.15, 0.2) is 0 Å². The number of nitriles is 1. The Morgan fingerprint density at radius 1 is 1.21 bits per heavy atom. The average Bonchev–Trinajstić information content (AvgIpc) is 3.33. The van der Waals surface area contributed by atoms with E-state index in [4.69, 9.17) is 0 Å². The first-order valence-electron chi connectivity index (χ1n) is 9.28. The zero-order chi connectivity index (χ0) is 20.5. The maximum absolute atomic E-state index is 12.0. The molecule has 1 amide bonds. The van der Waals surface area contributed by atoms with Crippen LogP contribution in [0.2, 0.25) is 0 Å². The fourth-order valence-electron chi connectivity index (χ4n) is 3.16. The van der Waals surface area contributed by atoms with Crippen LogP contribution in [0, 0.1) is 17.2 Å². The van der Waals surface area contributed by atoms with Crippen molar-refractivity contribution in [2.45, 2.75) is 13.8 Å². The number of benzene rings is 1. The van der Waals surface area contributed by atoms with Crippen LogP contribution in [-0.2, 0) is 11.8 Å². The Morgan fingerprint density at radius 3 is 2.72 bits per heavy atom. The monoisotopic (exact) mass is 384 g/mol. The molecule has 0 saturated carbocycles. The van der Waals surface area contributed by atoms with Gasteiger partial charge in [-0.3, -0.25) is 9.48 Å². The molecule has 3 heterocycles. The normalized spacial score (nSPS) is 11.0. The zero-order valence-electron chi connectivity index (χ0n) is 16.4. The minimum atomic E-state index is -0.160. The molecule has 4 aromatic rings. The highest BCUT2D eigenvalue weighted by molar-refractivity contribution is 5.97. The van der Waals surface area contributed by atoms with Gasteiger partial charge in [-0.25, -0.2) is 4.98 Å². The number of carbonyl (C=O) groups is 1. The summed E-state index contributed by atoms with van der Waals surface area (Å²) in [5, 5.41) is 17.6. The van der Waals surface area contributed by atoms with Gasteiger partial charge in [-0.05, 0) is 23.8 Å². The molecule has 0 unspecified atom stereocenters. The summed E-state index contributed by atoms with van der Waals surface area (Å²) in [6, 6.07) is 9.70. The number of hydrogen-bond donors (Lipinski definition) is 2. The van der Waals surface area contributed by atoms with E-state index in [0.29, 0.717) is 11.3 Å². The average molecular weight is 384 g/mol. The lowest BCUT2D eigenvalue weighted by molar-refractivity contribution is -0.118. The lowest BCUT2D eigenvalue weighted by Crippen LogP contribution is -2.18. The van der Waals surface area contributed by atoms with Crippen molar-refractivity contribution in [1.29, 1.82) is 5.26 Å². The highest BCUT2D eigenvalue weighted by Crippen LogP contribution is 2.32. The van der Waals surface area contributed by atoms with Crippen LogP contribution in [0.4, 0.5) is 5.69 Å². The predicted octanol–water partition coefficient (Wildman–Crippen LogP) is 4.10. The molecule has 2 N–H and O–H groups in total. The van der Waals surface area contributed by atoms with Gasteiger partial charge in [-0.2, -0.15) is 10.4 Å². The zero-order valence-corrected chi connectivity index (χ0v) is 16.4. The first-order chi connectivity index (χ1) is 14.0. The van der Waals surface area contributed by atoms with Gasteiger partial charge in [0.05, 0.1) is 17.4 Å². The van der Waals surface area contributed by atoms with E-state index in [-0.39, 0.29) is 11.8 Å². The number of anilines is 1. The Labute approximate surface area is 168 Å². The summed E-state index contributed by atoms with van der Waals surface area (Å²) in [6.07, 6.45) is 7.43. The third kappa shape index (κ3) is 3.48. The molecule has 0 saturated heterocycles. The van der Waals surface area contributed by atoms with Gasteiger partial charge in [-0.15, -0.1) is 0 Å². The van der Waals surface area contributed by atoms with Crippen LogP contribution in [-0.4, -0.2) is 25.7 Å². The standard InChI is InChI=1S/C22H20N6O/c1-13(2)22(29)27-20-5-4-14(6-15(20)8-23)19-11-25-21-18(19)7-16(9-24-21)17-10-26-28(3)12-17/h4-7,9-13H,1-3H3,(H,24,25)(H,27,29). The number of aromatic nitrogens is 4. The Hall–Kier alpha value is -3.92. The quantitative estimate of drug-likeness (QED) is 0.553. The van der Waals surface area contributed by atoms with Crippen LogP contribution in [0.1, 0.15) is 19.4 Å². The van der Waals surface area contributed by atoms with E-state index in [1.807, 2.05) is 45.6 Å². The Balaban J connectivity index is 1.76. The van der Waals surface area contributed by atoms with Crippen molar-refractivity contribution in [3.63, 3.8) is 0 Å². The number of pyridine rings is 1. The van der Waals surface area contributed by atoms with E-state index in [9.17, 15) is 10.1 Å². The van der Waals surface area contributed by atoms with Crippen molar-refractivity contribution in [3.05, 3.63) is 54.6 Å². The van der Waals surface area contributed by atoms with Crippen molar-refractivity contribution in [3.8, 4) is 28.3 Å². The summed E-state index contributed by atoms with van der Waals surface area (Å²) in [7, 11) is 1.88. The molecule has 29 heavy (non-hydrogen) atoms. The van der Waals surface area contributed by atoms with E-state index in [1.54, 1.807) is 23.0 Å². The van der Waals surface area contributed by atoms with Gasteiger partial charge in [0.25, 0.3) is 0 Å². The summed E-state index contributed by atoms with van der Waals surface area (Å²) in [4.78, 5) is 19.7. The second kappa shape index (κ2) is 7.24. The maximum Gasteiger partial charge on any atom is 0.226 e. The summed E-state index contributed by atoms with van der Waals surface area (Å²) in [6.45, 7) is 3.63. The molecule has 4 rings (SSSR count). The summed E-state index contributed by atoms with van der Waals surface area (Å²) in [5.41, 5.74) is 5.47. The van der Waals surface area contributed by atoms with Gasteiger partial charge in [-0.1, -0.05) is 19.9 Å². The summed E-state index contributed by atoms with van der Waals surface area (Å²) < 4.78 is 1.75. The Kier molecular flexibility index (Phi) is 4.61. The number of carbonyl (C=O) groups excluding carboxylic acids is 1. The van der Waals surface area contributed by atoms with Crippen molar-refractivity contribution < 1.29 is 4.79 Å². The van der Waals surface area contributed by atoms with Crippen LogP contribution >= 0.6 is 0 Å². The van der Waals surface area contributed by atoms with Crippen LogP contribution < -0.4 is 5.32 Å². The minimum Gasteiger partial charge on any atom is -0.346 e. The number of hydrogen-bond acceptors (Lipinski definition) is 4. The van der Waals surface area contributed by atoms with E-state index in [2.05, 4.69) is 32.5 Å². The second-order valence-corrected chi connectivity index (χ2v) is 7.24. The molecule has 0 atom stereocenters. The fourth-order valence-corrected chi connectivity index (χ4v) is 3.16. The molecule has 144 valence electrons. The Bertz CT molecular complexity index is 1260. The highest BCUT2D eigenvalue weighted by atomic mass is 16.1. The smallest absolute Gasteiger partial charge is 0.226 e. The first-order valence-corrected chi connectivity index (χ1v) is 9.28. The highest BCUT2D eigenvalue weighted by Gasteiger charge is 2.14. The molecule has 7 heteroatoms. The summed E-state index contributed by atoms with van der Waals surface area (Å²) >= 11 is 0. The number of fused-ring (bicyclic) bond motifs is 1. The summed E-state index contributed by atoms with van der Waals surface area (Å²) in [5.74, 6) is -0.279. The van der Waals surface area contributed by atoms with Gasteiger partial charge in [0.1, 0.15) is 11.7 Å². The molecule has 0 aliphatic rings. The number of aromatic amines is 1. The van der Waals surface area contributed by atoms with E-state index >= 15 is 0 Å². The molecule has 0 radical (unpaired) electrons. The lowest BCUT2D eigenvalue weighted by atomic mass is 10.0. The van der Waals surface area contributed by atoms with Crippen molar-refractivity contribution in [2.24, 2.45) is 13.0 Å². The van der Waals surface area contributed by atoms with E-state index in [0.717, 1.165) is 33.3 Å². The number of nitrogens with one attached hydrogen (secondary N) is 2. The van der Waals surface area contributed by atoms with Gasteiger partial charge >= 0.3 is 0 Å². The maximum atomic E-state index is 12.0. The predicted molar refractivity (Wildman–Crippen MR) is 112 cm³/mol. The molecular weight excluding hydrogens is 364 g/mol. The molecular formula is C22H20N6O. The molecule has 0 aliphatic heterocycles. The third-order valence-electron chi connectivity index (χ3n) is 4.80. The Morgan fingerprint density at radius 2 is 2.03 bits per heavy atom. The van der Waals surface area contributed by atoms with Crippen LogP contribution in [0.15, 0.2) is 49.1 Å². The largest absolute Gasteiger partial charge is 0.346 e. The van der Waals surface area contributed by atoms with Crippen molar-refractivity contribution in [1.82, 2.24) is 19.7 Å². The van der Waals surface area contributed by atoms with Gasteiger partial charge in [0, 0.05) is 53.6 Å². The van der Waals surface area contributed by atoms with Crippen LogP contribution in [0.3, 0.4) is 0 Å². The van der Waals surface area contributed by atoms with Crippen LogP contribution in [0.25, 0.3) is 33.3 Å². The molecule has 3 aromatic heterocycles. The fraction of sp³-hybridized carbons (Fsp3) is 0.182. The number of amides is 1.